The lowest BCUT2D eigenvalue weighted by Crippen LogP contribution is -2.25. The van der Waals surface area contributed by atoms with Crippen LogP contribution in [0.1, 0.15) is 11.5 Å². The fourth-order valence-corrected chi connectivity index (χ4v) is 2.36. The summed E-state index contributed by atoms with van der Waals surface area (Å²) in [5, 5.41) is 9.15. The van der Waals surface area contributed by atoms with Crippen molar-refractivity contribution in [1.29, 1.82) is 0 Å². The van der Waals surface area contributed by atoms with E-state index in [1.165, 1.54) is 0 Å². The number of carboxylic acids is 1. The van der Waals surface area contributed by atoms with E-state index in [2.05, 4.69) is 22.5 Å². The maximum Gasteiger partial charge on any atom is 0.312 e. The molecular weight excluding hydrogens is 270 g/mol. The molecule has 1 aliphatic heterocycles. The van der Waals surface area contributed by atoms with Crippen molar-refractivity contribution in [2.75, 3.05) is 18.0 Å². The first-order chi connectivity index (χ1) is 7.59. The second-order valence-electron chi connectivity index (χ2n) is 3.85. The molecule has 0 amide bonds. The number of nitrogens with zero attached hydrogens (tertiary/aromatic N) is 1. The van der Waals surface area contributed by atoms with Gasteiger partial charge in [-0.1, -0.05) is 40.7 Å². The molecule has 0 fully saturated rings. The molecule has 1 aromatic carbocycles. The molecule has 0 spiro atoms. The van der Waals surface area contributed by atoms with Gasteiger partial charge in [0.1, 0.15) is 5.92 Å². The summed E-state index contributed by atoms with van der Waals surface area (Å²) in [5.41, 5.74) is 1.89. The van der Waals surface area contributed by atoms with Crippen LogP contribution in [0.4, 0.5) is 5.69 Å². The second-order valence-corrected chi connectivity index (χ2v) is 4.97. The zero-order chi connectivity index (χ0) is 11.7. The standard InChI is InChI=1S/C12H12BrNO2/c1-8(13)6-14-7-10(12(15)16)9-4-2-3-5-11(9)14/h2-5,10H,1,6-7H2,(H,15,16). The SMILES string of the molecule is C=C(Br)CN1CC(C(=O)O)c2ccccc21. The average molecular weight is 282 g/mol. The van der Waals surface area contributed by atoms with Crippen LogP contribution in [0.25, 0.3) is 0 Å². The van der Waals surface area contributed by atoms with Crippen LogP contribution < -0.4 is 4.90 Å². The fraction of sp³-hybridized carbons (Fsp3) is 0.250. The molecule has 2 rings (SSSR count). The first-order valence-electron chi connectivity index (χ1n) is 4.99. The summed E-state index contributed by atoms with van der Waals surface area (Å²) < 4.78 is 0.855. The topological polar surface area (TPSA) is 40.5 Å². The molecule has 16 heavy (non-hydrogen) atoms. The number of carbonyl (C=O) groups is 1. The van der Waals surface area contributed by atoms with Crippen LogP contribution in [-0.2, 0) is 4.79 Å². The minimum absolute atomic E-state index is 0.428. The van der Waals surface area contributed by atoms with E-state index in [-0.39, 0.29) is 0 Å². The largest absolute Gasteiger partial charge is 0.481 e. The molecule has 1 heterocycles. The minimum Gasteiger partial charge on any atom is -0.481 e. The molecule has 1 aliphatic rings. The van der Waals surface area contributed by atoms with Gasteiger partial charge in [-0.3, -0.25) is 4.79 Å². The monoisotopic (exact) mass is 281 g/mol. The number of para-hydroxylation sites is 1. The summed E-state index contributed by atoms with van der Waals surface area (Å²) in [6, 6.07) is 7.63. The highest BCUT2D eigenvalue weighted by Crippen LogP contribution is 2.36. The number of anilines is 1. The minimum atomic E-state index is -0.768. The summed E-state index contributed by atoms with van der Waals surface area (Å²) in [6.45, 7) is 4.94. The molecule has 3 nitrogen and oxygen atoms in total. The smallest absolute Gasteiger partial charge is 0.312 e. The molecule has 0 saturated heterocycles. The fourth-order valence-electron chi connectivity index (χ4n) is 2.06. The summed E-state index contributed by atoms with van der Waals surface area (Å²) in [7, 11) is 0. The maximum absolute atomic E-state index is 11.1. The van der Waals surface area contributed by atoms with Crippen LogP contribution in [0.2, 0.25) is 0 Å². The normalized spacial score (nSPS) is 18.3. The van der Waals surface area contributed by atoms with Gasteiger partial charge in [-0.25, -0.2) is 0 Å². The van der Waals surface area contributed by atoms with Gasteiger partial charge in [-0.15, -0.1) is 0 Å². The van der Waals surface area contributed by atoms with Crippen molar-refractivity contribution in [1.82, 2.24) is 0 Å². The third-order valence-corrected chi connectivity index (χ3v) is 2.97. The second kappa shape index (κ2) is 4.29. The quantitative estimate of drug-likeness (QED) is 0.926. The van der Waals surface area contributed by atoms with E-state index in [9.17, 15) is 4.79 Å². The van der Waals surface area contributed by atoms with E-state index in [1.807, 2.05) is 29.2 Å². The highest BCUT2D eigenvalue weighted by Gasteiger charge is 2.32. The molecule has 1 aromatic rings. The van der Waals surface area contributed by atoms with Crippen molar-refractivity contribution in [3.8, 4) is 0 Å². The molecule has 1 N–H and O–H groups in total. The van der Waals surface area contributed by atoms with Crippen LogP contribution in [0.3, 0.4) is 0 Å². The van der Waals surface area contributed by atoms with Gasteiger partial charge in [-0.05, 0) is 11.6 Å². The highest BCUT2D eigenvalue weighted by molar-refractivity contribution is 9.11. The molecule has 1 atom stereocenters. The summed E-state index contributed by atoms with van der Waals surface area (Å²) in [6.07, 6.45) is 0. The molecular formula is C12H12BrNO2. The lowest BCUT2D eigenvalue weighted by Gasteiger charge is -2.18. The molecule has 84 valence electrons. The predicted octanol–water partition coefficient (Wildman–Crippen LogP) is 2.58. The molecule has 0 aromatic heterocycles. The van der Waals surface area contributed by atoms with Crippen molar-refractivity contribution >= 4 is 27.6 Å². The van der Waals surface area contributed by atoms with Crippen LogP contribution in [-0.4, -0.2) is 24.2 Å². The van der Waals surface area contributed by atoms with Gasteiger partial charge >= 0.3 is 5.97 Å². The van der Waals surface area contributed by atoms with Crippen LogP contribution >= 0.6 is 15.9 Å². The lowest BCUT2D eigenvalue weighted by atomic mass is 10.0. The Bertz CT molecular complexity index is 444. The Labute approximate surface area is 103 Å². The number of halogens is 1. The van der Waals surface area contributed by atoms with E-state index in [4.69, 9.17) is 5.11 Å². The Morgan fingerprint density at radius 3 is 2.88 bits per heavy atom. The number of benzene rings is 1. The molecule has 4 heteroatoms. The van der Waals surface area contributed by atoms with Gasteiger partial charge in [0.25, 0.3) is 0 Å². The number of fused-ring (bicyclic) bond motifs is 1. The molecule has 0 bridgehead atoms. The van der Waals surface area contributed by atoms with E-state index in [1.54, 1.807) is 0 Å². The first-order valence-corrected chi connectivity index (χ1v) is 5.79. The third-order valence-electron chi connectivity index (χ3n) is 2.72. The molecule has 1 unspecified atom stereocenters. The van der Waals surface area contributed by atoms with Crippen LogP contribution in [0.5, 0.6) is 0 Å². The zero-order valence-corrected chi connectivity index (χ0v) is 10.3. The van der Waals surface area contributed by atoms with E-state index in [0.717, 1.165) is 15.7 Å². The first kappa shape index (κ1) is 11.2. The summed E-state index contributed by atoms with van der Waals surface area (Å²) in [4.78, 5) is 13.2. The molecule has 0 saturated carbocycles. The number of rotatable bonds is 3. The Kier molecular flexibility index (Phi) is 3.01. The van der Waals surface area contributed by atoms with E-state index in [0.29, 0.717) is 13.1 Å². The zero-order valence-electron chi connectivity index (χ0n) is 8.69. The van der Waals surface area contributed by atoms with Crippen LogP contribution in [0, 0.1) is 0 Å². The number of carboxylic acid groups (broad SMARTS) is 1. The lowest BCUT2D eigenvalue weighted by molar-refractivity contribution is -0.138. The average Bonchev–Trinajstić information content (AvgIpc) is 2.57. The number of hydrogen-bond acceptors (Lipinski definition) is 2. The predicted molar refractivity (Wildman–Crippen MR) is 67.1 cm³/mol. The summed E-state index contributed by atoms with van der Waals surface area (Å²) >= 11 is 3.31. The van der Waals surface area contributed by atoms with Crippen molar-refractivity contribution in [2.45, 2.75) is 5.92 Å². The molecule has 0 radical (unpaired) electrons. The van der Waals surface area contributed by atoms with E-state index < -0.39 is 11.9 Å². The van der Waals surface area contributed by atoms with E-state index >= 15 is 0 Å². The van der Waals surface area contributed by atoms with Gasteiger partial charge in [0, 0.05) is 23.3 Å². The van der Waals surface area contributed by atoms with Gasteiger partial charge in [0.05, 0.1) is 0 Å². The Morgan fingerprint density at radius 2 is 2.25 bits per heavy atom. The van der Waals surface area contributed by atoms with Gasteiger partial charge in [0.15, 0.2) is 0 Å². The maximum atomic E-state index is 11.1. The van der Waals surface area contributed by atoms with Gasteiger partial charge < -0.3 is 10.0 Å². The molecule has 0 aliphatic carbocycles. The Balaban J connectivity index is 2.35. The van der Waals surface area contributed by atoms with Crippen molar-refractivity contribution in [3.63, 3.8) is 0 Å². The Hall–Kier alpha value is -1.29. The Morgan fingerprint density at radius 1 is 1.56 bits per heavy atom. The number of hydrogen-bond donors (Lipinski definition) is 1. The number of aliphatic carboxylic acids is 1. The van der Waals surface area contributed by atoms with Crippen LogP contribution in [0.15, 0.2) is 35.3 Å². The van der Waals surface area contributed by atoms with Gasteiger partial charge in [-0.2, -0.15) is 0 Å². The van der Waals surface area contributed by atoms with Crippen molar-refractivity contribution in [2.24, 2.45) is 0 Å². The highest BCUT2D eigenvalue weighted by atomic mass is 79.9. The van der Waals surface area contributed by atoms with Crippen molar-refractivity contribution in [3.05, 3.63) is 40.9 Å². The summed E-state index contributed by atoms with van der Waals surface area (Å²) in [5.74, 6) is -1.20. The third kappa shape index (κ3) is 1.97. The van der Waals surface area contributed by atoms with Gasteiger partial charge in [0.2, 0.25) is 0 Å². The van der Waals surface area contributed by atoms with Crippen molar-refractivity contribution < 1.29 is 9.90 Å².